The van der Waals surface area contributed by atoms with Gasteiger partial charge in [-0.2, -0.15) is 0 Å². The minimum Gasteiger partial charge on any atom is -0.354 e. The summed E-state index contributed by atoms with van der Waals surface area (Å²) in [4.78, 5) is 39.6. The summed E-state index contributed by atoms with van der Waals surface area (Å²) in [6.45, 7) is 4.26. The zero-order chi connectivity index (χ0) is 26.0. The zero-order valence-corrected chi connectivity index (χ0v) is 21.6. The van der Waals surface area contributed by atoms with Gasteiger partial charge in [-0.1, -0.05) is 36.0 Å². The molecule has 0 spiro atoms. The molecule has 0 saturated carbocycles. The Kier molecular flexibility index (Phi) is 9.04. The number of nitrogens with zero attached hydrogens (tertiary/aromatic N) is 3. The second kappa shape index (κ2) is 12.8. The van der Waals surface area contributed by atoms with Gasteiger partial charge in [0.1, 0.15) is 11.9 Å². The van der Waals surface area contributed by atoms with E-state index in [1.807, 2.05) is 42.5 Å². The summed E-state index contributed by atoms with van der Waals surface area (Å²) in [6.07, 6.45) is 6.04. The largest absolute Gasteiger partial charge is 0.354 e. The average Bonchev–Trinajstić information content (AvgIpc) is 3.21. The number of fused-ring (bicyclic) bond motifs is 2. The Bertz CT molecular complexity index is 1290. The summed E-state index contributed by atoms with van der Waals surface area (Å²) in [5.41, 5.74) is 3.33. The molecule has 0 radical (unpaired) electrons. The van der Waals surface area contributed by atoms with E-state index in [2.05, 4.69) is 38.7 Å². The van der Waals surface area contributed by atoms with Crippen LogP contribution in [0.2, 0.25) is 0 Å². The Hall–Kier alpha value is -3.98. The SMILES string of the molecule is C=NC.O=C(NC1CCCCNC1=O)c1ccc2c(c1)NC(=NCc1cccnc1)c1ccccc1S2. The Morgan fingerprint density at radius 1 is 1.16 bits per heavy atom. The molecule has 0 aliphatic carbocycles. The number of hydrogen-bond acceptors (Lipinski definition) is 6. The molecule has 1 atom stereocenters. The molecule has 3 N–H and O–H groups in total. The third-order valence-corrected chi connectivity index (χ3v) is 6.99. The molecular weight excluding hydrogens is 484 g/mol. The second-order valence-corrected chi connectivity index (χ2v) is 9.67. The van der Waals surface area contributed by atoms with E-state index in [0.717, 1.165) is 45.3 Å². The smallest absolute Gasteiger partial charge is 0.252 e. The van der Waals surface area contributed by atoms with Crippen molar-refractivity contribution >= 4 is 41.8 Å². The van der Waals surface area contributed by atoms with Gasteiger partial charge in [-0.05, 0) is 61.9 Å². The minimum absolute atomic E-state index is 0.116. The molecule has 5 rings (SSSR count). The molecule has 1 fully saturated rings. The molecule has 2 amide bonds. The lowest BCUT2D eigenvalue weighted by molar-refractivity contribution is -0.122. The van der Waals surface area contributed by atoms with Crippen LogP contribution in [0.15, 0.2) is 86.8 Å². The van der Waals surface area contributed by atoms with Crippen LogP contribution < -0.4 is 16.0 Å². The fourth-order valence-corrected chi connectivity index (χ4v) is 5.04. The topological polar surface area (TPSA) is 108 Å². The minimum atomic E-state index is -0.503. The highest BCUT2D eigenvalue weighted by Gasteiger charge is 2.24. The van der Waals surface area contributed by atoms with Crippen LogP contribution in [0.5, 0.6) is 0 Å². The van der Waals surface area contributed by atoms with E-state index in [9.17, 15) is 9.59 Å². The van der Waals surface area contributed by atoms with E-state index in [0.29, 0.717) is 25.1 Å². The number of aliphatic imine (C=N–C) groups is 2. The Morgan fingerprint density at radius 3 is 2.81 bits per heavy atom. The molecule has 1 saturated heterocycles. The number of benzene rings is 2. The number of anilines is 1. The molecule has 190 valence electrons. The standard InChI is InChI=1S/C26H25N5O2S.C2H5N/c32-25(31-20-8-3-4-13-28-26(20)33)18-10-11-23-21(14-18)30-24(19-7-1-2-9-22(19)34-23)29-16-17-6-5-12-27-15-17;1-3-2/h1-2,5-7,9-12,14-15,20H,3-4,8,13,16H2,(H,28,33)(H,29,30)(H,31,32);1H2,2H3. The first-order valence-electron chi connectivity index (χ1n) is 12.1. The van der Waals surface area contributed by atoms with E-state index >= 15 is 0 Å². The lowest BCUT2D eigenvalue weighted by atomic mass is 10.1. The molecule has 3 aromatic rings. The number of amides is 2. The van der Waals surface area contributed by atoms with Gasteiger partial charge < -0.3 is 20.9 Å². The first-order valence-corrected chi connectivity index (χ1v) is 13.0. The van der Waals surface area contributed by atoms with Gasteiger partial charge in [-0.15, -0.1) is 0 Å². The number of pyridine rings is 1. The normalized spacial score (nSPS) is 17.4. The zero-order valence-electron chi connectivity index (χ0n) is 20.7. The van der Waals surface area contributed by atoms with Crippen LogP contribution in [0.3, 0.4) is 0 Å². The summed E-state index contributed by atoms with van der Waals surface area (Å²) in [5.74, 6) is 0.369. The number of carbonyl (C=O) groups excluding carboxylic acids is 2. The van der Waals surface area contributed by atoms with E-state index in [-0.39, 0.29) is 11.8 Å². The van der Waals surface area contributed by atoms with Crippen LogP contribution in [0.25, 0.3) is 0 Å². The Balaban J connectivity index is 0.00000102. The van der Waals surface area contributed by atoms with Crippen LogP contribution in [0.1, 0.15) is 40.7 Å². The van der Waals surface area contributed by atoms with E-state index in [1.165, 1.54) is 0 Å². The fourth-order valence-electron chi connectivity index (χ4n) is 4.03. The fraction of sp³-hybridized carbons (Fsp3) is 0.250. The van der Waals surface area contributed by atoms with Gasteiger partial charge in [0.05, 0.1) is 12.2 Å². The van der Waals surface area contributed by atoms with Gasteiger partial charge in [-0.25, -0.2) is 0 Å². The quantitative estimate of drug-likeness (QED) is 0.450. The Morgan fingerprint density at radius 2 is 2.00 bits per heavy atom. The van der Waals surface area contributed by atoms with Crippen molar-refractivity contribution in [2.45, 2.75) is 41.6 Å². The van der Waals surface area contributed by atoms with Crippen molar-refractivity contribution in [1.82, 2.24) is 15.6 Å². The number of hydrogen-bond donors (Lipinski definition) is 3. The number of nitrogens with one attached hydrogen (secondary N) is 3. The maximum absolute atomic E-state index is 13.0. The van der Waals surface area contributed by atoms with Gasteiger partial charge in [0.25, 0.3) is 5.91 Å². The molecule has 37 heavy (non-hydrogen) atoms. The van der Waals surface area contributed by atoms with Crippen molar-refractivity contribution in [2.24, 2.45) is 9.98 Å². The van der Waals surface area contributed by atoms with Crippen molar-refractivity contribution in [2.75, 3.05) is 18.9 Å². The second-order valence-electron chi connectivity index (χ2n) is 8.59. The van der Waals surface area contributed by atoms with Crippen LogP contribution in [0, 0.1) is 0 Å². The molecule has 2 aliphatic heterocycles. The summed E-state index contributed by atoms with van der Waals surface area (Å²) >= 11 is 1.64. The highest BCUT2D eigenvalue weighted by Crippen LogP contribution is 2.39. The van der Waals surface area contributed by atoms with Crippen molar-refractivity contribution < 1.29 is 9.59 Å². The van der Waals surface area contributed by atoms with Gasteiger partial charge >= 0.3 is 0 Å². The van der Waals surface area contributed by atoms with Gasteiger partial charge in [0, 0.05) is 46.9 Å². The molecule has 0 bridgehead atoms. The summed E-state index contributed by atoms with van der Waals surface area (Å²) in [7, 11) is 1.64. The lowest BCUT2D eigenvalue weighted by Gasteiger charge is -2.16. The van der Waals surface area contributed by atoms with Crippen LogP contribution in [0.4, 0.5) is 5.69 Å². The first-order chi connectivity index (χ1) is 18.1. The molecule has 9 heteroatoms. The van der Waals surface area contributed by atoms with E-state index in [4.69, 9.17) is 4.99 Å². The Labute approximate surface area is 221 Å². The maximum Gasteiger partial charge on any atom is 0.252 e. The van der Waals surface area contributed by atoms with Gasteiger partial charge in [0.15, 0.2) is 0 Å². The van der Waals surface area contributed by atoms with Crippen LogP contribution >= 0.6 is 11.8 Å². The number of amidine groups is 1. The van der Waals surface area contributed by atoms with Crippen LogP contribution in [-0.4, -0.2) is 49.0 Å². The predicted molar refractivity (Wildman–Crippen MR) is 149 cm³/mol. The molecule has 8 nitrogen and oxygen atoms in total. The highest BCUT2D eigenvalue weighted by molar-refractivity contribution is 7.99. The number of carbonyl (C=O) groups is 2. The van der Waals surface area contributed by atoms with E-state index in [1.54, 1.807) is 37.3 Å². The molecule has 1 aromatic heterocycles. The molecule has 2 aliphatic rings. The van der Waals surface area contributed by atoms with Crippen molar-refractivity contribution in [3.8, 4) is 0 Å². The average molecular weight is 515 g/mol. The summed E-state index contributed by atoms with van der Waals surface area (Å²) in [5, 5.41) is 9.22. The van der Waals surface area contributed by atoms with Gasteiger partial charge in [-0.3, -0.25) is 19.6 Å². The molecular formula is C28H30N6O2S. The van der Waals surface area contributed by atoms with Gasteiger partial charge in [0.2, 0.25) is 5.91 Å². The molecule has 1 unspecified atom stereocenters. The lowest BCUT2D eigenvalue weighted by Crippen LogP contribution is -2.45. The molecule has 3 heterocycles. The van der Waals surface area contributed by atoms with E-state index < -0.39 is 6.04 Å². The van der Waals surface area contributed by atoms with Crippen molar-refractivity contribution in [1.29, 1.82) is 0 Å². The molecule has 2 aromatic carbocycles. The highest BCUT2D eigenvalue weighted by atomic mass is 32.2. The number of rotatable bonds is 4. The summed E-state index contributed by atoms with van der Waals surface area (Å²) < 4.78 is 0. The first kappa shape index (κ1) is 26.1. The van der Waals surface area contributed by atoms with Crippen molar-refractivity contribution in [3.05, 3.63) is 83.7 Å². The third-order valence-electron chi connectivity index (χ3n) is 5.84. The maximum atomic E-state index is 13.0. The third kappa shape index (κ3) is 6.83. The predicted octanol–water partition coefficient (Wildman–Crippen LogP) is 4.32. The summed E-state index contributed by atoms with van der Waals surface area (Å²) in [6, 6.07) is 17.1. The van der Waals surface area contributed by atoms with Crippen LogP contribution in [-0.2, 0) is 11.3 Å². The monoisotopic (exact) mass is 514 g/mol. The number of aromatic nitrogens is 1. The van der Waals surface area contributed by atoms with Crippen molar-refractivity contribution in [3.63, 3.8) is 0 Å².